The van der Waals surface area contributed by atoms with Gasteiger partial charge in [0.2, 0.25) is 0 Å². The smallest absolute Gasteiger partial charge is 0.271 e. The Morgan fingerprint density at radius 3 is 2.50 bits per heavy atom. The van der Waals surface area contributed by atoms with Crippen molar-refractivity contribution in [1.82, 2.24) is 0 Å². The van der Waals surface area contributed by atoms with Gasteiger partial charge in [-0.3, -0.25) is 14.9 Å². The third-order valence-electron chi connectivity index (χ3n) is 3.60. The van der Waals surface area contributed by atoms with E-state index in [2.05, 4.69) is 12.2 Å². The molecular formula is C18H20N2O4. The molecule has 0 saturated heterocycles. The van der Waals surface area contributed by atoms with Crippen molar-refractivity contribution in [3.63, 3.8) is 0 Å². The number of hydrogen-bond acceptors (Lipinski definition) is 4. The number of rotatable bonds is 7. The number of nitrogens with zero attached hydrogens (tertiary/aromatic N) is 1. The Labute approximate surface area is 140 Å². The molecule has 0 bridgehead atoms. The number of nitro groups is 1. The summed E-state index contributed by atoms with van der Waals surface area (Å²) in [4.78, 5) is 22.6. The van der Waals surface area contributed by atoms with Crippen molar-refractivity contribution >= 4 is 17.3 Å². The maximum absolute atomic E-state index is 12.3. The summed E-state index contributed by atoms with van der Waals surface area (Å²) in [7, 11) is 0. The molecule has 6 heteroatoms. The molecule has 2 aromatic carbocycles. The third-order valence-corrected chi connectivity index (χ3v) is 3.60. The first-order valence-corrected chi connectivity index (χ1v) is 7.84. The fourth-order valence-electron chi connectivity index (χ4n) is 2.21. The van der Waals surface area contributed by atoms with Gasteiger partial charge in [-0.2, -0.15) is 0 Å². The van der Waals surface area contributed by atoms with Crippen molar-refractivity contribution in [2.75, 3.05) is 5.32 Å². The number of non-ortho nitro benzene ring substituents is 1. The van der Waals surface area contributed by atoms with Crippen LogP contribution in [0.2, 0.25) is 0 Å². The number of carbonyl (C=O) groups excluding carboxylic acids is 1. The van der Waals surface area contributed by atoms with Gasteiger partial charge in [0, 0.05) is 17.8 Å². The standard InChI is InChI=1S/C18H20N2O4/c1-3-13-8-10-16(11-9-13)24-17(4-2)18(21)19-14-6-5-7-15(12-14)20(22)23/h5-12,17H,3-4H2,1-2H3,(H,19,21)/t17-/m0/s1. The monoisotopic (exact) mass is 328 g/mol. The van der Waals surface area contributed by atoms with Gasteiger partial charge >= 0.3 is 0 Å². The van der Waals surface area contributed by atoms with Crippen LogP contribution in [-0.2, 0) is 11.2 Å². The number of benzene rings is 2. The molecule has 0 radical (unpaired) electrons. The lowest BCUT2D eigenvalue weighted by molar-refractivity contribution is -0.384. The number of aryl methyl sites for hydroxylation is 1. The van der Waals surface area contributed by atoms with Crippen LogP contribution in [0.4, 0.5) is 11.4 Å². The predicted octanol–water partition coefficient (Wildman–Crippen LogP) is 3.95. The summed E-state index contributed by atoms with van der Waals surface area (Å²) in [5.74, 6) is 0.283. The van der Waals surface area contributed by atoms with Crippen LogP contribution >= 0.6 is 0 Å². The highest BCUT2D eigenvalue weighted by Gasteiger charge is 2.19. The van der Waals surface area contributed by atoms with Crippen molar-refractivity contribution in [3.8, 4) is 5.75 Å². The summed E-state index contributed by atoms with van der Waals surface area (Å²) in [6, 6.07) is 13.4. The molecule has 0 spiro atoms. The fraction of sp³-hybridized carbons (Fsp3) is 0.278. The van der Waals surface area contributed by atoms with Crippen LogP contribution in [0, 0.1) is 10.1 Å². The summed E-state index contributed by atoms with van der Waals surface area (Å²) in [6.07, 6.45) is 0.748. The number of amides is 1. The number of anilines is 1. The minimum atomic E-state index is -0.670. The van der Waals surface area contributed by atoms with Crippen molar-refractivity contribution in [2.45, 2.75) is 32.8 Å². The van der Waals surface area contributed by atoms with Crippen LogP contribution in [0.25, 0.3) is 0 Å². The Balaban J connectivity index is 2.05. The van der Waals surface area contributed by atoms with Crippen molar-refractivity contribution < 1.29 is 14.5 Å². The molecule has 1 atom stereocenters. The van der Waals surface area contributed by atoms with Gasteiger partial charge in [0.05, 0.1) is 4.92 Å². The highest BCUT2D eigenvalue weighted by atomic mass is 16.6. The first kappa shape index (κ1) is 17.5. The van der Waals surface area contributed by atoms with Crippen LogP contribution in [-0.4, -0.2) is 16.9 Å². The van der Waals surface area contributed by atoms with Crippen molar-refractivity contribution in [2.24, 2.45) is 0 Å². The van der Waals surface area contributed by atoms with Gasteiger partial charge in [-0.1, -0.05) is 32.0 Å². The molecular weight excluding hydrogens is 308 g/mol. The van der Waals surface area contributed by atoms with Gasteiger partial charge < -0.3 is 10.1 Å². The molecule has 0 aliphatic heterocycles. The second kappa shape index (κ2) is 8.10. The zero-order chi connectivity index (χ0) is 17.5. The largest absolute Gasteiger partial charge is 0.481 e. The molecule has 0 fully saturated rings. The Bertz CT molecular complexity index is 713. The first-order chi connectivity index (χ1) is 11.5. The summed E-state index contributed by atoms with van der Waals surface area (Å²) >= 11 is 0. The van der Waals surface area contributed by atoms with Crippen LogP contribution in [0.5, 0.6) is 5.75 Å². The van der Waals surface area contributed by atoms with E-state index in [4.69, 9.17) is 4.74 Å². The number of nitrogens with one attached hydrogen (secondary N) is 1. The maximum atomic E-state index is 12.3. The van der Waals surface area contributed by atoms with Gasteiger partial charge in [-0.15, -0.1) is 0 Å². The van der Waals surface area contributed by atoms with Crippen LogP contribution in [0.15, 0.2) is 48.5 Å². The highest BCUT2D eigenvalue weighted by Crippen LogP contribution is 2.19. The lowest BCUT2D eigenvalue weighted by Crippen LogP contribution is -2.32. The fourth-order valence-corrected chi connectivity index (χ4v) is 2.21. The van der Waals surface area contributed by atoms with Gasteiger partial charge in [-0.25, -0.2) is 0 Å². The van der Waals surface area contributed by atoms with Crippen molar-refractivity contribution in [3.05, 3.63) is 64.2 Å². The summed E-state index contributed by atoms with van der Waals surface area (Å²) < 4.78 is 5.73. The lowest BCUT2D eigenvalue weighted by Gasteiger charge is -2.17. The van der Waals surface area contributed by atoms with E-state index >= 15 is 0 Å². The average molecular weight is 328 g/mol. The molecule has 0 unspecified atom stereocenters. The zero-order valence-electron chi connectivity index (χ0n) is 13.7. The van der Waals surface area contributed by atoms with E-state index in [0.29, 0.717) is 17.9 Å². The SMILES string of the molecule is CCc1ccc(O[C@@H](CC)C(=O)Nc2cccc([N+](=O)[O-])c2)cc1. The second-order valence-corrected chi connectivity index (χ2v) is 5.31. The van der Waals surface area contributed by atoms with E-state index in [1.807, 2.05) is 31.2 Å². The van der Waals surface area contributed by atoms with E-state index < -0.39 is 11.0 Å². The van der Waals surface area contributed by atoms with Crippen LogP contribution in [0.3, 0.4) is 0 Å². The molecule has 0 aromatic heterocycles. The maximum Gasteiger partial charge on any atom is 0.271 e. The molecule has 0 heterocycles. The molecule has 0 aliphatic carbocycles. The summed E-state index contributed by atoms with van der Waals surface area (Å²) in [6.45, 7) is 3.91. The quantitative estimate of drug-likeness (QED) is 0.616. The Kier molecular flexibility index (Phi) is 5.89. The Morgan fingerprint density at radius 1 is 1.21 bits per heavy atom. The summed E-state index contributed by atoms with van der Waals surface area (Å²) in [5.41, 5.74) is 1.49. The lowest BCUT2D eigenvalue weighted by atomic mass is 10.1. The van der Waals surface area contributed by atoms with Crippen LogP contribution < -0.4 is 10.1 Å². The minimum absolute atomic E-state index is 0.0723. The molecule has 1 N–H and O–H groups in total. The van der Waals surface area contributed by atoms with E-state index in [1.54, 1.807) is 6.07 Å². The first-order valence-electron chi connectivity index (χ1n) is 7.84. The Hall–Kier alpha value is -2.89. The zero-order valence-corrected chi connectivity index (χ0v) is 13.7. The van der Waals surface area contributed by atoms with Gasteiger partial charge in [0.1, 0.15) is 5.75 Å². The molecule has 0 aliphatic rings. The van der Waals surface area contributed by atoms with Gasteiger partial charge in [-0.05, 0) is 36.6 Å². The number of ether oxygens (including phenoxy) is 1. The minimum Gasteiger partial charge on any atom is -0.481 e. The molecule has 24 heavy (non-hydrogen) atoms. The van der Waals surface area contributed by atoms with E-state index in [0.717, 1.165) is 6.42 Å². The second-order valence-electron chi connectivity index (χ2n) is 5.31. The van der Waals surface area contributed by atoms with Crippen LogP contribution in [0.1, 0.15) is 25.8 Å². The third kappa shape index (κ3) is 4.55. The molecule has 6 nitrogen and oxygen atoms in total. The summed E-state index contributed by atoms with van der Waals surface area (Å²) in [5, 5.41) is 13.5. The number of carbonyl (C=O) groups is 1. The average Bonchev–Trinajstić information content (AvgIpc) is 2.60. The molecule has 2 rings (SSSR count). The highest BCUT2D eigenvalue weighted by molar-refractivity contribution is 5.94. The van der Waals surface area contributed by atoms with Gasteiger partial charge in [0.15, 0.2) is 6.10 Å². The normalized spacial score (nSPS) is 11.6. The molecule has 0 saturated carbocycles. The van der Waals surface area contributed by atoms with Gasteiger partial charge in [0.25, 0.3) is 11.6 Å². The van der Waals surface area contributed by atoms with E-state index in [9.17, 15) is 14.9 Å². The van der Waals surface area contributed by atoms with E-state index in [-0.39, 0.29) is 11.6 Å². The molecule has 2 aromatic rings. The Morgan fingerprint density at radius 2 is 1.92 bits per heavy atom. The van der Waals surface area contributed by atoms with E-state index in [1.165, 1.54) is 23.8 Å². The number of hydrogen-bond donors (Lipinski definition) is 1. The van der Waals surface area contributed by atoms with Crippen molar-refractivity contribution in [1.29, 1.82) is 0 Å². The molecule has 1 amide bonds. The predicted molar refractivity (Wildman–Crippen MR) is 92.3 cm³/mol. The molecule has 126 valence electrons. The number of nitro benzene ring substituents is 1. The topological polar surface area (TPSA) is 81.5 Å².